The van der Waals surface area contributed by atoms with Gasteiger partial charge in [0.15, 0.2) is 5.65 Å². The molecule has 104 valence electrons. The second-order valence-electron chi connectivity index (χ2n) is 5.15. The summed E-state index contributed by atoms with van der Waals surface area (Å²) >= 11 is 0. The highest BCUT2D eigenvalue weighted by atomic mass is 16.1. The third-order valence-electron chi connectivity index (χ3n) is 3.22. The van der Waals surface area contributed by atoms with Gasteiger partial charge in [0.2, 0.25) is 5.95 Å². The Morgan fingerprint density at radius 1 is 1.42 bits per heavy atom. The van der Waals surface area contributed by atoms with Crippen LogP contribution in [-0.2, 0) is 6.42 Å². The standard InChI is InChI=1S/C13H21N5O/c1-5-10-9(4)15-12(14-7-6-8(2)3)18-11(10)16-17-13(18)19/h8H,5-7H2,1-4H3,(H,14,15)(H,17,19). The zero-order chi connectivity index (χ0) is 14.0. The van der Waals surface area contributed by atoms with Crippen molar-refractivity contribution in [2.24, 2.45) is 5.92 Å². The number of aromatic amines is 1. The zero-order valence-corrected chi connectivity index (χ0v) is 11.9. The van der Waals surface area contributed by atoms with Gasteiger partial charge in [0.25, 0.3) is 0 Å². The van der Waals surface area contributed by atoms with Gasteiger partial charge in [-0.1, -0.05) is 20.8 Å². The lowest BCUT2D eigenvalue weighted by Crippen LogP contribution is -2.18. The van der Waals surface area contributed by atoms with Gasteiger partial charge in [0, 0.05) is 17.8 Å². The molecule has 6 heteroatoms. The van der Waals surface area contributed by atoms with Crippen molar-refractivity contribution >= 4 is 11.6 Å². The van der Waals surface area contributed by atoms with Crippen LogP contribution in [0.1, 0.15) is 38.4 Å². The minimum Gasteiger partial charge on any atom is -0.355 e. The molecule has 0 bridgehead atoms. The van der Waals surface area contributed by atoms with E-state index in [0.717, 1.165) is 30.6 Å². The molecule has 0 fully saturated rings. The Bertz CT molecular complexity index is 626. The monoisotopic (exact) mass is 263 g/mol. The maximum atomic E-state index is 11.8. The quantitative estimate of drug-likeness (QED) is 0.861. The molecule has 2 heterocycles. The van der Waals surface area contributed by atoms with Gasteiger partial charge < -0.3 is 5.32 Å². The summed E-state index contributed by atoms with van der Waals surface area (Å²) in [6.07, 6.45) is 1.84. The summed E-state index contributed by atoms with van der Waals surface area (Å²) in [5.74, 6) is 1.18. The molecule has 2 aromatic rings. The first kappa shape index (κ1) is 13.6. The van der Waals surface area contributed by atoms with E-state index in [0.29, 0.717) is 17.5 Å². The smallest absolute Gasteiger partial charge is 0.350 e. The number of fused-ring (bicyclic) bond motifs is 1. The Hall–Kier alpha value is -1.85. The summed E-state index contributed by atoms with van der Waals surface area (Å²) in [5.41, 5.74) is 2.35. The van der Waals surface area contributed by atoms with Gasteiger partial charge in [-0.05, 0) is 25.7 Å². The van der Waals surface area contributed by atoms with Crippen molar-refractivity contribution in [1.29, 1.82) is 0 Å². The second kappa shape index (κ2) is 5.42. The maximum absolute atomic E-state index is 11.8. The van der Waals surface area contributed by atoms with Crippen molar-refractivity contribution in [2.75, 3.05) is 11.9 Å². The molecule has 0 aliphatic rings. The minimum atomic E-state index is -0.246. The molecule has 0 radical (unpaired) electrons. The number of rotatable bonds is 5. The van der Waals surface area contributed by atoms with Crippen LogP contribution in [0.25, 0.3) is 5.65 Å². The Morgan fingerprint density at radius 2 is 2.16 bits per heavy atom. The molecule has 2 rings (SSSR count). The van der Waals surface area contributed by atoms with E-state index in [1.165, 1.54) is 4.40 Å². The summed E-state index contributed by atoms with van der Waals surface area (Å²) in [5, 5.41) is 9.82. The molecular weight excluding hydrogens is 242 g/mol. The Labute approximate surface area is 112 Å². The van der Waals surface area contributed by atoms with Crippen molar-refractivity contribution < 1.29 is 0 Å². The molecule has 0 saturated heterocycles. The normalized spacial score (nSPS) is 11.4. The van der Waals surface area contributed by atoms with E-state index in [-0.39, 0.29) is 5.69 Å². The van der Waals surface area contributed by atoms with Crippen LogP contribution in [0.4, 0.5) is 5.95 Å². The summed E-state index contributed by atoms with van der Waals surface area (Å²) in [4.78, 5) is 16.3. The summed E-state index contributed by atoms with van der Waals surface area (Å²) in [6, 6.07) is 0. The lowest BCUT2D eigenvalue weighted by molar-refractivity contribution is 0.605. The summed E-state index contributed by atoms with van der Waals surface area (Å²) in [7, 11) is 0. The average molecular weight is 263 g/mol. The number of aryl methyl sites for hydroxylation is 2. The number of aromatic nitrogens is 4. The third kappa shape index (κ3) is 2.62. The van der Waals surface area contributed by atoms with Crippen LogP contribution in [0.15, 0.2) is 4.79 Å². The van der Waals surface area contributed by atoms with Gasteiger partial charge in [-0.3, -0.25) is 0 Å². The third-order valence-corrected chi connectivity index (χ3v) is 3.22. The van der Waals surface area contributed by atoms with E-state index in [2.05, 4.69) is 34.3 Å². The fraction of sp³-hybridized carbons (Fsp3) is 0.615. The van der Waals surface area contributed by atoms with Crippen LogP contribution in [0.2, 0.25) is 0 Å². The van der Waals surface area contributed by atoms with Gasteiger partial charge in [-0.2, -0.15) is 5.10 Å². The lowest BCUT2D eigenvalue weighted by Gasteiger charge is -2.11. The maximum Gasteiger partial charge on any atom is 0.350 e. The molecule has 0 unspecified atom stereocenters. The first-order valence-electron chi connectivity index (χ1n) is 6.75. The second-order valence-corrected chi connectivity index (χ2v) is 5.15. The average Bonchev–Trinajstić information content (AvgIpc) is 2.71. The van der Waals surface area contributed by atoms with E-state index in [4.69, 9.17) is 0 Å². The molecule has 2 N–H and O–H groups in total. The van der Waals surface area contributed by atoms with Crippen molar-refractivity contribution in [2.45, 2.75) is 40.5 Å². The fourth-order valence-corrected chi connectivity index (χ4v) is 2.14. The number of hydrogen-bond donors (Lipinski definition) is 2. The number of H-pyrrole nitrogens is 1. The molecule has 19 heavy (non-hydrogen) atoms. The molecule has 0 spiro atoms. The number of nitrogens with one attached hydrogen (secondary N) is 2. The Kier molecular flexibility index (Phi) is 3.87. The van der Waals surface area contributed by atoms with Crippen LogP contribution in [0.3, 0.4) is 0 Å². The molecule has 2 aromatic heterocycles. The van der Waals surface area contributed by atoms with Crippen LogP contribution >= 0.6 is 0 Å². The van der Waals surface area contributed by atoms with Gasteiger partial charge in [-0.25, -0.2) is 19.3 Å². The van der Waals surface area contributed by atoms with Gasteiger partial charge in [-0.15, -0.1) is 0 Å². The fourth-order valence-electron chi connectivity index (χ4n) is 2.14. The largest absolute Gasteiger partial charge is 0.355 e. The van der Waals surface area contributed by atoms with E-state index >= 15 is 0 Å². The van der Waals surface area contributed by atoms with Crippen LogP contribution in [0, 0.1) is 12.8 Å². The predicted octanol–water partition coefficient (Wildman–Crippen LogP) is 1.75. The van der Waals surface area contributed by atoms with Crippen molar-refractivity contribution in [3.63, 3.8) is 0 Å². The highest BCUT2D eigenvalue weighted by Crippen LogP contribution is 2.15. The van der Waals surface area contributed by atoms with Gasteiger partial charge in [0.1, 0.15) is 0 Å². The number of nitrogens with zero attached hydrogens (tertiary/aromatic N) is 3. The van der Waals surface area contributed by atoms with Crippen LogP contribution in [0.5, 0.6) is 0 Å². The summed E-state index contributed by atoms with van der Waals surface area (Å²) in [6.45, 7) is 9.11. The molecular formula is C13H21N5O. The topological polar surface area (TPSA) is 75.1 Å². The molecule has 6 nitrogen and oxygen atoms in total. The van der Waals surface area contributed by atoms with Crippen LogP contribution < -0.4 is 11.0 Å². The minimum absolute atomic E-state index is 0.246. The zero-order valence-electron chi connectivity index (χ0n) is 11.9. The van der Waals surface area contributed by atoms with Crippen molar-refractivity contribution in [3.05, 3.63) is 21.7 Å². The number of anilines is 1. The first-order chi connectivity index (χ1) is 9.04. The van der Waals surface area contributed by atoms with Gasteiger partial charge in [0.05, 0.1) is 0 Å². The highest BCUT2D eigenvalue weighted by molar-refractivity contribution is 5.53. The summed E-state index contributed by atoms with van der Waals surface area (Å²) < 4.78 is 1.52. The molecule has 0 amide bonds. The molecule has 0 aromatic carbocycles. The van der Waals surface area contributed by atoms with E-state index in [1.54, 1.807) is 0 Å². The molecule has 0 aliphatic carbocycles. The lowest BCUT2D eigenvalue weighted by atomic mass is 10.1. The Morgan fingerprint density at radius 3 is 2.79 bits per heavy atom. The highest BCUT2D eigenvalue weighted by Gasteiger charge is 2.13. The first-order valence-corrected chi connectivity index (χ1v) is 6.75. The van der Waals surface area contributed by atoms with E-state index < -0.39 is 0 Å². The van der Waals surface area contributed by atoms with Crippen molar-refractivity contribution in [1.82, 2.24) is 19.6 Å². The number of hydrogen-bond acceptors (Lipinski definition) is 4. The van der Waals surface area contributed by atoms with Crippen LogP contribution in [-0.4, -0.2) is 26.1 Å². The molecule has 0 atom stereocenters. The SMILES string of the molecule is CCc1c(C)nc(NCCC(C)C)n2c(=O)[nH]nc12. The molecule has 0 aliphatic heterocycles. The predicted molar refractivity (Wildman–Crippen MR) is 75.7 cm³/mol. The van der Waals surface area contributed by atoms with Crippen molar-refractivity contribution in [3.8, 4) is 0 Å². The molecule has 0 saturated carbocycles. The van der Waals surface area contributed by atoms with Gasteiger partial charge >= 0.3 is 5.69 Å². The Balaban J connectivity index is 2.43. The van der Waals surface area contributed by atoms with E-state index in [1.807, 2.05) is 13.8 Å². The van der Waals surface area contributed by atoms with E-state index in [9.17, 15) is 4.79 Å².